The maximum atomic E-state index is 14.8. The second-order valence-electron chi connectivity index (χ2n) is 11.9. The zero-order valence-electron chi connectivity index (χ0n) is 24.5. The zero-order chi connectivity index (χ0) is 32.9. The molecule has 10 nitrogen and oxygen atoms in total. The fraction of sp³-hybridized carbons (Fsp3) is 0.500. The van der Waals surface area contributed by atoms with Gasteiger partial charge in [0, 0.05) is 19.3 Å². The van der Waals surface area contributed by atoms with Crippen molar-refractivity contribution in [3.8, 4) is 0 Å². The van der Waals surface area contributed by atoms with Crippen LogP contribution in [0.15, 0.2) is 24.3 Å². The zero-order valence-corrected chi connectivity index (χ0v) is 25.3. The van der Waals surface area contributed by atoms with Crippen LogP contribution in [0.25, 0.3) is 0 Å². The van der Waals surface area contributed by atoms with Crippen molar-refractivity contribution in [2.75, 3.05) is 43.0 Å². The summed E-state index contributed by atoms with van der Waals surface area (Å²) in [4.78, 5) is 47.9. The van der Waals surface area contributed by atoms with Crippen LogP contribution in [0.4, 0.5) is 43.0 Å². The fourth-order valence-electron chi connectivity index (χ4n) is 5.11. The van der Waals surface area contributed by atoms with E-state index in [1.807, 2.05) is 0 Å². The van der Waals surface area contributed by atoms with Crippen molar-refractivity contribution in [1.29, 1.82) is 0 Å². The Hall–Kier alpha value is -3.72. The summed E-state index contributed by atoms with van der Waals surface area (Å²) in [6.07, 6.45) is -5.45. The lowest BCUT2D eigenvalue weighted by Gasteiger charge is -2.29. The lowest BCUT2D eigenvalue weighted by Crippen LogP contribution is -2.47. The summed E-state index contributed by atoms with van der Waals surface area (Å²) >= 11 is 5.68. The van der Waals surface area contributed by atoms with Gasteiger partial charge in [-0.15, -0.1) is 0 Å². The van der Waals surface area contributed by atoms with Crippen molar-refractivity contribution in [1.82, 2.24) is 14.8 Å². The van der Waals surface area contributed by atoms with Gasteiger partial charge < -0.3 is 24.5 Å². The molecule has 2 aliphatic heterocycles. The first-order chi connectivity index (χ1) is 20.2. The lowest BCUT2D eigenvalue weighted by atomic mass is 10.0. The van der Waals surface area contributed by atoms with Gasteiger partial charge in [0.1, 0.15) is 33.9 Å². The maximum Gasteiger partial charge on any atom is 0.416 e. The molecule has 2 atom stereocenters. The highest BCUT2D eigenvalue weighted by Crippen LogP contribution is 2.36. The monoisotopic (exact) mass is 647 g/mol. The SMILES string of the molecule is Cc1cc(C(F)(F)F)cc(N2C(=O)N(CC3(O)CCN(C(=O)OC(C)(C)C)C3)C[C@H]2C(=O)N(C)c2ccc(F)c(Cl)c2F)n1. The van der Waals surface area contributed by atoms with Crippen molar-refractivity contribution >= 4 is 41.1 Å². The van der Waals surface area contributed by atoms with Crippen molar-refractivity contribution < 1.29 is 46.2 Å². The first kappa shape index (κ1) is 33.2. The van der Waals surface area contributed by atoms with Gasteiger partial charge >= 0.3 is 18.3 Å². The van der Waals surface area contributed by atoms with Gasteiger partial charge in [-0.25, -0.2) is 23.4 Å². The van der Waals surface area contributed by atoms with Crippen LogP contribution in [0, 0.1) is 18.6 Å². The van der Waals surface area contributed by atoms with Gasteiger partial charge in [0.05, 0.1) is 30.9 Å². The number of aliphatic hydroxyl groups is 1. The number of halogens is 6. The molecular weight excluding hydrogens is 617 g/mol. The van der Waals surface area contributed by atoms with Crippen molar-refractivity contribution in [2.45, 2.75) is 57.5 Å². The Bertz CT molecular complexity index is 1490. The van der Waals surface area contributed by atoms with Crippen LogP contribution in [-0.2, 0) is 15.7 Å². The second-order valence-corrected chi connectivity index (χ2v) is 12.2. The molecule has 0 radical (unpaired) electrons. The van der Waals surface area contributed by atoms with E-state index < -0.39 is 88.3 Å². The second kappa shape index (κ2) is 11.7. The number of hydrogen-bond acceptors (Lipinski definition) is 6. The van der Waals surface area contributed by atoms with E-state index in [-0.39, 0.29) is 25.2 Å². The van der Waals surface area contributed by atoms with E-state index in [1.54, 1.807) is 20.8 Å². The number of carbonyl (C=O) groups excluding carboxylic acids is 3. The third kappa shape index (κ3) is 6.83. The number of urea groups is 1. The molecule has 0 spiro atoms. The molecule has 1 aromatic carbocycles. The highest BCUT2D eigenvalue weighted by Gasteiger charge is 2.49. The number of pyridine rings is 1. The van der Waals surface area contributed by atoms with Crippen LogP contribution < -0.4 is 9.80 Å². The minimum absolute atomic E-state index is 0.0365. The highest BCUT2D eigenvalue weighted by atomic mass is 35.5. The van der Waals surface area contributed by atoms with E-state index in [9.17, 15) is 41.4 Å². The Balaban J connectivity index is 1.68. The average Bonchev–Trinajstić information content (AvgIpc) is 3.44. The van der Waals surface area contributed by atoms with Gasteiger partial charge in [-0.3, -0.25) is 9.69 Å². The van der Waals surface area contributed by atoms with E-state index in [0.29, 0.717) is 6.07 Å². The quantitative estimate of drug-likeness (QED) is 0.362. The van der Waals surface area contributed by atoms with Crippen molar-refractivity contribution in [3.63, 3.8) is 0 Å². The van der Waals surface area contributed by atoms with Crippen molar-refractivity contribution in [3.05, 3.63) is 52.2 Å². The predicted octanol–water partition coefficient (Wildman–Crippen LogP) is 4.99. The summed E-state index contributed by atoms with van der Waals surface area (Å²) in [5.74, 6) is -3.78. The number of aromatic nitrogens is 1. The van der Waals surface area contributed by atoms with Crippen LogP contribution in [0.1, 0.15) is 38.4 Å². The van der Waals surface area contributed by atoms with E-state index in [2.05, 4.69) is 4.98 Å². The molecule has 0 bridgehead atoms. The van der Waals surface area contributed by atoms with Gasteiger partial charge in [0.2, 0.25) is 0 Å². The molecule has 2 saturated heterocycles. The molecule has 1 aromatic heterocycles. The van der Waals surface area contributed by atoms with Crippen LogP contribution in [0.2, 0.25) is 5.02 Å². The van der Waals surface area contributed by atoms with Gasteiger partial charge in [-0.2, -0.15) is 13.2 Å². The largest absolute Gasteiger partial charge is 0.444 e. The number of ether oxygens (including phenoxy) is 1. The number of amides is 4. The third-order valence-electron chi connectivity index (χ3n) is 7.16. The first-order valence-corrected chi connectivity index (χ1v) is 13.8. The number of alkyl halides is 3. The number of likely N-dealkylation sites (N-methyl/N-ethyl adjacent to an activating group) is 1. The fourth-order valence-corrected chi connectivity index (χ4v) is 5.27. The Kier molecular flexibility index (Phi) is 8.79. The van der Waals surface area contributed by atoms with E-state index in [0.717, 1.165) is 39.9 Å². The number of β-amino-alcohol motifs (C(OH)–C–C–N with tert-alkyl or cyclic N) is 1. The molecule has 16 heteroatoms. The number of benzene rings is 1. The van der Waals surface area contributed by atoms with Gasteiger partial charge in [-0.1, -0.05) is 11.6 Å². The molecule has 4 rings (SSSR count). The third-order valence-corrected chi connectivity index (χ3v) is 7.50. The predicted molar refractivity (Wildman–Crippen MR) is 149 cm³/mol. The molecular formula is C28H31ClF5N5O5. The average molecular weight is 648 g/mol. The Morgan fingerprint density at radius 1 is 1.20 bits per heavy atom. The highest BCUT2D eigenvalue weighted by molar-refractivity contribution is 6.31. The smallest absolute Gasteiger partial charge is 0.416 e. The number of aryl methyl sites for hydroxylation is 1. The van der Waals surface area contributed by atoms with Crippen LogP contribution in [-0.4, -0.2) is 88.4 Å². The van der Waals surface area contributed by atoms with Crippen LogP contribution in [0.3, 0.4) is 0 Å². The van der Waals surface area contributed by atoms with Gasteiger partial charge in [0.15, 0.2) is 5.82 Å². The number of rotatable bonds is 5. The molecule has 3 heterocycles. The van der Waals surface area contributed by atoms with E-state index >= 15 is 0 Å². The molecule has 0 aliphatic carbocycles. The molecule has 1 N–H and O–H groups in total. The summed E-state index contributed by atoms with van der Waals surface area (Å²) < 4.78 is 75.0. The lowest BCUT2D eigenvalue weighted by molar-refractivity contribution is -0.137. The van der Waals surface area contributed by atoms with E-state index in [1.165, 1.54) is 11.8 Å². The molecule has 0 saturated carbocycles. The van der Waals surface area contributed by atoms with Crippen LogP contribution in [0.5, 0.6) is 0 Å². The normalized spacial score (nSPS) is 20.9. The molecule has 2 aliphatic rings. The topological polar surface area (TPSA) is 107 Å². The van der Waals surface area contributed by atoms with Crippen molar-refractivity contribution in [2.24, 2.45) is 0 Å². The molecule has 44 heavy (non-hydrogen) atoms. The Labute approximate surface area is 254 Å². The first-order valence-electron chi connectivity index (χ1n) is 13.5. The summed E-state index contributed by atoms with van der Waals surface area (Å²) in [5, 5.41) is 10.4. The Morgan fingerprint density at radius 2 is 1.86 bits per heavy atom. The number of carbonyl (C=O) groups is 3. The molecule has 4 amide bonds. The minimum Gasteiger partial charge on any atom is -0.444 e. The number of hydrogen-bond donors (Lipinski definition) is 1. The Morgan fingerprint density at radius 3 is 2.48 bits per heavy atom. The van der Waals surface area contributed by atoms with Crippen LogP contribution >= 0.6 is 11.6 Å². The van der Waals surface area contributed by atoms with Gasteiger partial charge in [0.25, 0.3) is 5.91 Å². The number of likely N-dealkylation sites (tertiary alicyclic amines) is 1. The number of nitrogens with zero attached hydrogens (tertiary/aromatic N) is 5. The summed E-state index contributed by atoms with van der Waals surface area (Å²) in [6, 6.07) is 0.666. The summed E-state index contributed by atoms with van der Waals surface area (Å²) in [5.41, 5.74) is -4.10. The maximum absolute atomic E-state index is 14.8. The minimum atomic E-state index is -4.81. The molecule has 240 valence electrons. The number of anilines is 2. The summed E-state index contributed by atoms with van der Waals surface area (Å²) in [6.45, 7) is 5.35. The molecule has 2 aromatic rings. The molecule has 2 fully saturated rings. The van der Waals surface area contributed by atoms with E-state index in [4.69, 9.17) is 16.3 Å². The molecule has 1 unspecified atom stereocenters. The standard InChI is InChI=1S/C28H31ClF5N5O5/c1-15-10-16(28(32,33)34)11-20(35-15)39-19(23(40)36(5)18-7-6-17(30)21(29)22(18)31)12-38(24(39)41)14-27(43)8-9-37(13-27)25(42)44-26(2,3)4/h6-7,10-11,19,43H,8-9,12-14H2,1-5H3/t19-,27?/m0/s1. The van der Waals surface area contributed by atoms with Gasteiger partial charge in [-0.05, 0) is 58.4 Å². The summed E-state index contributed by atoms with van der Waals surface area (Å²) in [7, 11) is 1.13.